The summed E-state index contributed by atoms with van der Waals surface area (Å²) in [5, 5.41) is 3.22. The van der Waals surface area contributed by atoms with Gasteiger partial charge in [-0.15, -0.1) is 0 Å². The number of amidine groups is 1. The molecule has 166 valence electrons. The minimum absolute atomic E-state index is 0.274. The van der Waals surface area contributed by atoms with Crippen LogP contribution in [0.25, 0.3) is 6.08 Å². The minimum Gasteiger partial charge on any atom is -0.497 e. The maximum Gasteiger partial charge on any atom is 0.343 e. The van der Waals surface area contributed by atoms with Crippen molar-refractivity contribution in [1.29, 1.82) is 0 Å². The molecular formula is C25H20N2O5S. The molecule has 1 N–H and O–H groups in total. The fraction of sp³-hybridized carbons (Fsp3) is 0.0800. The van der Waals surface area contributed by atoms with Crippen LogP contribution in [0.3, 0.4) is 0 Å². The Labute approximate surface area is 195 Å². The largest absolute Gasteiger partial charge is 0.497 e. The van der Waals surface area contributed by atoms with Crippen LogP contribution >= 0.6 is 11.8 Å². The first kappa shape index (κ1) is 22.2. The van der Waals surface area contributed by atoms with Gasteiger partial charge in [0.2, 0.25) is 0 Å². The Morgan fingerprint density at radius 2 is 1.55 bits per heavy atom. The number of hydrogen-bond acceptors (Lipinski definition) is 7. The molecule has 1 fully saturated rings. The summed E-state index contributed by atoms with van der Waals surface area (Å²) in [6.45, 7) is 0. The predicted molar refractivity (Wildman–Crippen MR) is 128 cm³/mol. The number of nitrogens with one attached hydrogen (secondary N) is 1. The zero-order chi connectivity index (χ0) is 23.2. The van der Waals surface area contributed by atoms with Gasteiger partial charge in [0.05, 0.1) is 30.4 Å². The highest BCUT2D eigenvalue weighted by Gasteiger charge is 2.24. The van der Waals surface area contributed by atoms with Crippen molar-refractivity contribution >= 4 is 40.6 Å². The Kier molecular flexibility index (Phi) is 6.75. The molecular weight excluding hydrogens is 440 g/mol. The van der Waals surface area contributed by atoms with E-state index in [1.54, 1.807) is 93.1 Å². The van der Waals surface area contributed by atoms with Crippen LogP contribution < -0.4 is 19.5 Å². The number of amides is 1. The zero-order valence-electron chi connectivity index (χ0n) is 17.9. The molecule has 0 aromatic heterocycles. The van der Waals surface area contributed by atoms with Crippen LogP contribution in [0.5, 0.6) is 17.2 Å². The molecule has 7 nitrogen and oxygen atoms in total. The first-order valence-electron chi connectivity index (χ1n) is 9.94. The number of nitrogens with zero attached hydrogens (tertiary/aromatic N) is 1. The summed E-state index contributed by atoms with van der Waals surface area (Å²) in [5.41, 5.74) is 1.68. The van der Waals surface area contributed by atoms with E-state index < -0.39 is 5.97 Å². The van der Waals surface area contributed by atoms with Gasteiger partial charge in [-0.3, -0.25) is 4.79 Å². The number of para-hydroxylation sites is 1. The molecule has 1 aliphatic rings. The molecule has 0 unspecified atom stereocenters. The molecule has 0 radical (unpaired) electrons. The van der Waals surface area contributed by atoms with E-state index in [9.17, 15) is 9.59 Å². The van der Waals surface area contributed by atoms with E-state index in [1.807, 2.05) is 0 Å². The molecule has 1 amide bonds. The normalized spacial score (nSPS) is 15.4. The molecule has 1 heterocycles. The first-order valence-corrected chi connectivity index (χ1v) is 10.8. The third kappa shape index (κ3) is 5.42. The van der Waals surface area contributed by atoms with Gasteiger partial charge in [0.15, 0.2) is 5.17 Å². The molecule has 0 aliphatic carbocycles. The molecule has 8 heteroatoms. The monoisotopic (exact) mass is 460 g/mol. The molecule has 3 aromatic rings. The summed E-state index contributed by atoms with van der Waals surface area (Å²) in [6, 6.07) is 20.8. The number of rotatable bonds is 6. The second-order valence-electron chi connectivity index (χ2n) is 6.84. The van der Waals surface area contributed by atoms with Crippen LogP contribution in [0.2, 0.25) is 0 Å². The fourth-order valence-electron chi connectivity index (χ4n) is 2.97. The number of thioether (sulfide) groups is 1. The summed E-state index contributed by atoms with van der Waals surface area (Å²) in [7, 11) is 3.15. The quantitative estimate of drug-likeness (QED) is 0.323. The van der Waals surface area contributed by atoms with Crippen LogP contribution in [0.1, 0.15) is 15.9 Å². The van der Waals surface area contributed by atoms with Gasteiger partial charge in [-0.05, 0) is 72.4 Å². The predicted octanol–water partition coefficient (Wildman–Crippen LogP) is 4.81. The average molecular weight is 461 g/mol. The molecule has 0 saturated carbocycles. The van der Waals surface area contributed by atoms with Crippen LogP contribution in [-0.4, -0.2) is 31.3 Å². The molecule has 1 saturated heterocycles. The number of benzene rings is 3. The second-order valence-corrected chi connectivity index (χ2v) is 7.87. The molecule has 0 atom stereocenters. The first-order chi connectivity index (χ1) is 16.1. The second kappa shape index (κ2) is 10.1. The standard InChI is InChI=1S/C25H20N2O5S/c1-30-19-11-7-16(8-12-19)24(29)32-21-6-4-3-5-17(21)15-22-23(28)27-25(33-22)26-18-9-13-20(31-2)14-10-18/h3-15H,1-2H3,(H,26,27,28)/b22-15-. The molecule has 3 aromatic carbocycles. The van der Waals surface area contributed by atoms with Gasteiger partial charge >= 0.3 is 5.97 Å². The maximum atomic E-state index is 12.6. The lowest BCUT2D eigenvalue weighted by molar-refractivity contribution is -0.115. The lowest BCUT2D eigenvalue weighted by Crippen LogP contribution is -2.19. The van der Waals surface area contributed by atoms with Crippen molar-refractivity contribution in [2.75, 3.05) is 14.2 Å². The lowest BCUT2D eigenvalue weighted by Gasteiger charge is -2.08. The van der Waals surface area contributed by atoms with Crippen LogP contribution in [0, 0.1) is 0 Å². The van der Waals surface area contributed by atoms with E-state index in [1.165, 1.54) is 11.8 Å². The highest BCUT2D eigenvalue weighted by Crippen LogP contribution is 2.31. The summed E-state index contributed by atoms with van der Waals surface area (Å²) >= 11 is 1.21. The van der Waals surface area contributed by atoms with Crippen molar-refractivity contribution in [3.8, 4) is 17.2 Å². The fourth-order valence-corrected chi connectivity index (χ4v) is 3.81. The number of ether oxygens (including phenoxy) is 3. The molecule has 1 aliphatic heterocycles. The Bertz CT molecular complexity index is 1230. The van der Waals surface area contributed by atoms with Crippen molar-refractivity contribution in [2.24, 2.45) is 4.99 Å². The van der Waals surface area contributed by atoms with Crippen LogP contribution in [-0.2, 0) is 4.79 Å². The lowest BCUT2D eigenvalue weighted by atomic mass is 10.1. The summed E-state index contributed by atoms with van der Waals surface area (Å²) in [5.74, 6) is 0.939. The number of carbonyl (C=O) groups excluding carboxylic acids is 2. The van der Waals surface area contributed by atoms with Gasteiger partial charge in [-0.1, -0.05) is 18.2 Å². The SMILES string of the molecule is COc1ccc(N=C2NC(=O)/C(=C/c3ccccc3OC(=O)c3ccc(OC)cc3)S2)cc1. The van der Waals surface area contributed by atoms with Crippen molar-refractivity contribution in [3.05, 3.63) is 88.8 Å². The summed E-state index contributed by atoms with van der Waals surface area (Å²) < 4.78 is 15.8. The molecule has 0 spiro atoms. The van der Waals surface area contributed by atoms with Crippen LogP contribution in [0.15, 0.2) is 82.7 Å². The topological polar surface area (TPSA) is 86.2 Å². The average Bonchev–Trinajstić information content (AvgIpc) is 3.19. The van der Waals surface area contributed by atoms with E-state index in [2.05, 4.69) is 10.3 Å². The van der Waals surface area contributed by atoms with Crippen molar-refractivity contribution in [1.82, 2.24) is 5.32 Å². The van der Waals surface area contributed by atoms with E-state index in [0.29, 0.717) is 38.4 Å². The minimum atomic E-state index is -0.506. The van der Waals surface area contributed by atoms with Crippen molar-refractivity contribution in [2.45, 2.75) is 0 Å². The van der Waals surface area contributed by atoms with Crippen molar-refractivity contribution in [3.63, 3.8) is 0 Å². The van der Waals surface area contributed by atoms with Gasteiger partial charge in [0.1, 0.15) is 17.2 Å². The highest BCUT2D eigenvalue weighted by atomic mass is 32.2. The van der Waals surface area contributed by atoms with E-state index >= 15 is 0 Å². The zero-order valence-corrected chi connectivity index (χ0v) is 18.7. The summed E-state index contributed by atoms with van der Waals surface area (Å²) in [4.78, 5) is 29.9. The van der Waals surface area contributed by atoms with E-state index in [0.717, 1.165) is 5.75 Å². The smallest absolute Gasteiger partial charge is 0.343 e. The number of methoxy groups -OCH3 is 2. The van der Waals surface area contributed by atoms with Gasteiger partial charge in [-0.25, -0.2) is 9.79 Å². The number of esters is 1. The van der Waals surface area contributed by atoms with E-state index in [4.69, 9.17) is 14.2 Å². The number of hydrogen-bond donors (Lipinski definition) is 1. The number of carbonyl (C=O) groups is 2. The third-order valence-corrected chi connectivity index (χ3v) is 5.60. The molecule has 0 bridgehead atoms. The Hall–Kier alpha value is -4.04. The Morgan fingerprint density at radius 3 is 2.21 bits per heavy atom. The molecule has 33 heavy (non-hydrogen) atoms. The molecule has 4 rings (SSSR count). The number of aliphatic imine (C=N–C) groups is 1. The van der Waals surface area contributed by atoms with Gasteiger partial charge in [0.25, 0.3) is 5.91 Å². The third-order valence-electron chi connectivity index (χ3n) is 4.69. The van der Waals surface area contributed by atoms with E-state index in [-0.39, 0.29) is 5.91 Å². The van der Waals surface area contributed by atoms with Gasteiger partial charge in [-0.2, -0.15) is 0 Å². The van der Waals surface area contributed by atoms with Gasteiger partial charge in [0, 0.05) is 5.56 Å². The van der Waals surface area contributed by atoms with Crippen LogP contribution in [0.4, 0.5) is 5.69 Å². The van der Waals surface area contributed by atoms with Gasteiger partial charge < -0.3 is 19.5 Å². The van der Waals surface area contributed by atoms with Crippen molar-refractivity contribution < 1.29 is 23.8 Å². The Morgan fingerprint density at radius 1 is 0.909 bits per heavy atom. The Balaban J connectivity index is 1.52. The summed E-state index contributed by atoms with van der Waals surface area (Å²) in [6.07, 6.45) is 1.67. The maximum absolute atomic E-state index is 12.6. The highest BCUT2D eigenvalue weighted by molar-refractivity contribution is 8.18.